The van der Waals surface area contributed by atoms with Gasteiger partial charge in [0, 0.05) is 38.0 Å². The smallest absolute Gasteiger partial charge is 0.232 e. The highest BCUT2D eigenvalue weighted by molar-refractivity contribution is 8.00. The van der Waals surface area contributed by atoms with Crippen LogP contribution in [-0.2, 0) is 9.59 Å². The van der Waals surface area contributed by atoms with E-state index in [0.717, 1.165) is 30.2 Å². The fourth-order valence-electron chi connectivity index (χ4n) is 2.52. The molecule has 0 unspecified atom stereocenters. The zero-order valence-electron chi connectivity index (χ0n) is 13.8. The molecule has 126 valence electrons. The van der Waals surface area contributed by atoms with Crippen molar-refractivity contribution in [1.82, 2.24) is 9.80 Å². The van der Waals surface area contributed by atoms with Crippen molar-refractivity contribution < 1.29 is 14.3 Å². The van der Waals surface area contributed by atoms with E-state index in [4.69, 9.17) is 4.74 Å². The molecule has 1 fully saturated rings. The highest BCUT2D eigenvalue weighted by atomic mass is 32.2. The number of benzene rings is 1. The zero-order valence-corrected chi connectivity index (χ0v) is 14.6. The van der Waals surface area contributed by atoms with Crippen molar-refractivity contribution in [2.45, 2.75) is 25.2 Å². The molecule has 1 aromatic carbocycles. The molecule has 2 amide bonds. The Balaban J connectivity index is 1.81. The van der Waals surface area contributed by atoms with Gasteiger partial charge in [0.15, 0.2) is 0 Å². The van der Waals surface area contributed by atoms with Gasteiger partial charge in [0.2, 0.25) is 11.8 Å². The van der Waals surface area contributed by atoms with Gasteiger partial charge in [0.25, 0.3) is 0 Å². The van der Waals surface area contributed by atoms with E-state index in [9.17, 15) is 9.59 Å². The summed E-state index contributed by atoms with van der Waals surface area (Å²) in [5.74, 6) is 1.49. The Kier molecular flexibility index (Phi) is 6.77. The van der Waals surface area contributed by atoms with Crippen LogP contribution in [0.15, 0.2) is 29.2 Å². The molecule has 1 aliphatic rings. The Bertz CT molecular complexity index is 533. The van der Waals surface area contributed by atoms with E-state index >= 15 is 0 Å². The van der Waals surface area contributed by atoms with Crippen LogP contribution in [0.4, 0.5) is 0 Å². The molecule has 0 radical (unpaired) electrons. The number of nitrogens with zero attached hydrogens (tertiary/aromatic N) is 2. The van der Waals surface area contributed by atoms with Crippen LogP contribution < -0.4 is 4.74 Å². The van der Waals surface area contributed by atoms with Crippen LogP contribution in [0.5, 0.6) is 5.75 Å². The molecular weight excluding hydrogens is 312 g/mol. The molecule has 23 heavy (non-hydrogen) atoms. The minimum Gasteiger partial charge on any atom is -0.494 e. The minimum absolute atomic E-state index is 0.0862. The van der Waals surface area contributed by atoms with Crippen LogP contribution in [0.25, 0.3) is 0 Å². The molecule has 0 bridgehead atoms. The molecule has 0 spiro atoms. The number of rotatable bonds is 5. The van der Waals surface area contributed by atoms with Crippen molar-refractivity contribution in [1.29, 1.82) is 0 Å². The Labute approximate surface area is 142 Å². The highest BCUT2D eigenvalue weighted by Gasteiger charge is 2.20. The summed E-state index contributed by atoms with van der Waals surface area (Å²) in [5.41, 5.74) is 0. The average Bonchev–Trinajstić information content (AvgIpc) is 2.80. The van der Waals surface area contributed by atoms with Crippen LogP contribution >= 0.6 is 11.8 Å². The summed E-state index contributed by atoms with van der Waals surface area (Å²) in [6, 6.07) is 7.80. The summed E-state index contributed by atoms with van der Waals surface area (Å²) in [6.07, 6.45) is 0.846. The number of thioether (sulfide) groups is 1. The lowest BCUT2D eigenvalue weighted by Gasteiger charge is -2.21. The molecule has 0 N–H and O–H groups in total. The largest absolute Gasteiger partial charge is 0.494 e. The van der Waals surface area contributed by atoms with Gasteiger partial charge in [-0.3, -0.25) is 9.59 Å². The fraction of sp³-hybridized carbons (Fsp3) is 0.529. The second-order valence-corrected chi connectivity index (χ2v) is 6.48. The summed E-state index contributed by atoms with van der Waals surface area (Å²) in [6.45, 7) is 6.92. The first-order chi connectivity index (χ1) is 11.1. The summed E-state index contributed by atoms with van der Waals surface area (Å²) in [4.78, 5) is 28.5. The number of hydrogen-bond donors (Lipinski definition) is 0. The predicted molar refractivity (Wildman–Crippen MR) is 91.8 cm³/mol. The predicted octanol–water partition coefficient (Wildman–Crippen LogP) is 2.26. The third-order valence-electron chi connectivity index (χ3n) is 3.79. The van der Waals surface area contributed by atoms with Crippen molar-refractivity contribution in [2.24, 2.45) is 0 Å². The molecular formula is C17H24N2O3S. The van der Waals surface area contributed by atoms with Gasteiger partial charge in [0.1, 0.15) is 5.75 Å². The average molecular weight is 336 g/mol. The third-order valence-corrected chi connectivity index (χ3v) is 4.79. The van der Waals surface area contributed by atoms with Crippen molar-refractivity contribution in [3.8, 4) is 5.75 Å². The number of hydrogen-bond acceptors (Lipinski definition) is 4. The number of carbonyl (C=O) groups is 2. The van der Waals surface area contributed by atoms with E-state index in [-0.39, 0.29) is 11.8 Å². The summed E-state index contributed by atoms with van der Waals surface area (Å²) in [7, 11) is 0. The minimum atomic E-state index is 0.0862. The van der Waals surface area contributed by atoms with Crippen LogP contribution in [0, 0.1) is 0 Å². The molecule has 1 saturated heterocycles. The number of amides is 2. The van der Waals surface area contributed by atoms with E-state index in [1.54, 1.807) is 6.92 Å². The molecule has 1 aromatic rings. The summed E-state index contributed by atoms with van der Waals surface area (Å²) < 4.78 is 5.41. The normalized spacial score (nSPS) is 15.2. The summed E-state index contributed by atoms with van der Waals surface area (Å²) in [5, 5.41) is 0. The zero-order chi connectivity index (χ0) is 16.7. The Morgan fingerprint density at radius 3 is 2.39 bits per heavy atom. The topological polar surface area (TPSA) is 49.9 Å². The van der Waals surface area contributed by atoms with E-state index in [0.29, 0.717) is 25.4 Å². The van der Waals surface area contributed by atoms with Crippen molar-refractivity contribution in [3.63, 3.8) is 0 Å². The van der Waals surface area contributed by atoms with Crippen molar-refractivity contribution in [3.05, 3.63) is 24.3 Å². The molecule has 1 heterocycles. The van der Waals surface area contributed by atoms with Crippen LogP contribution in [0.1, 0.15) is 20.3 Å². The Morgan fingerprint density at radius 1 is 1.09 bits per heavy atom. The highest BCUT2D eigenvalue weighted by Crippen LogP contribution is 2.22. The molecule has 2 rings (SSSR count). The lowest BCUT2D eigenvalue weighted by molar-refractivity contribution is -0.130. The second kappa shape index (κ2) is 8.82. The SMILES string of the molecule is CCOc1ccc(SCC(=O)N2CCCN(C(C)=O)CC2)cc1. The van der Waals surface area contributed by atoms with Gasteiger partial charge < -0.3 is 14.5 Å². The number of carbonyl (C=O) groups excluding carboxylic acids is 2. The molecule has 0 atom stereocenters. The monoisotopic (exact) mass is 336 g/mol. The number of ether oxygens (including phenoxy) is 1. The quantitative estimate of drug-likeness (QED) is 0.774. The first-order valence-electron chi connectivity index (χ1n) is 7.99. The molecule has 1 aliphatic heterocycles. The molecule has 5 nitrogen and oxygen atoms in total. The van der Waals surface area contributed by atoms with Gasteiger partial charge in [-0.2, -0.15) is 0 Å². The standard InChI is InChI=1S/C17H24N2O3S/c1-3-22-15-5-7-16(8-6-15)23-13-17(21)19-10-4-9-18(11-12-19)14(2)20/h5-8H,3-4,9-13H2,1-2H3. The molecule has 0 aliphatic carbocycles. The first-order valence-corrected chi connectivity index (χ1v) is 8.97. The third kappa shape index (κ3) is 5.46. The lowest BCUT2D eigenvalue weighted by atomic mass is 10.3. The van der Waals surface area contributed by atoms with Gasteiger partial charge >= 0.3 is 0 Å². The van der Waals surface area contributed by atoms with Crippen molar-refractivity contribution in [2.75, 3.05) is 38.5 Å². The van der Waals surface area contributed by atoms with Crippen molar-refractivity contribution >= 4 is 23.6 Å². The maximum Gasteiger partial charge on any atom is 0.232 e. The van der Waals surface area contributed by atoms with E-state index in [1.807, 2.05) is 41.0 Å². The van der Waals surface area contributed by atoms with Gasteiger partial charge in [-0.15, -0.1) is 11.8 Å². The van der Waals surface area contributed by atoms with Gasteiger partial charge in [-0.1, -0.05) is 0 Å². The Hall–Kier alpha value is -1.69. The fourth-order valence-corrected chi connectivity index (χ4v) is 3.32. The first kappa shape index (κ1) is 17.7. The van der Waals surface area contributed by atoms with E-state index in [2.05, 4.69) is 0 Å². The summed E-state index contributed by atoms with van der Waals surface area (Å²) >= 11 is 1.54. The maximum atomic E-state index is 12.3. The second-order valence-electron chi connectivity index (χ2n) is 5.43. The molecule has 0 aromatic heterocycles. The molecule has 0 saturated carbocycles. The molecule has 6 heteroatoms. The maximum absolute atomic E-state index is 12.3. The van der Waals surface area contributed by atoms with E-state index < -0.39 is 0 Å². The van der Waals surface area contributed by atoms with Gasteiger partial charge in [-0.25, -0.2) is 0 Å². The van der Waals surface area contributed by atoms with E-state index in [1.165, 1.54) is 11.8 Å². The van der Waals surface area contributed by atoms with Gasteiger partial charge in [0.05, 0.1) is 12.4 Å². The van der Waals surface area contributed by atoms with Crippen LogP contribution in [0.2, 0.25) is 0 Å². The van der Waals surface area contributed by atoms with Gasteiger partial charge in [-0.05, 0) is 37.6 Å². The Morgan fingerprint density at radius 2 is 1.74 bits per heavy atom. The van der Waals surface area contributed by atoms with Crippen LogP contribution in [0.3, 0.4) is 0 Å². The lowest BCUT2D eigenvalue weighted by Crippen LogP contribution is -2.37. The van der Waals surface area contributed by atoms with Crippen LogP contribution in [-0.4, -0.2) is 60.2 Å².